The zero-order valence-electron chi connectivity index (χ0n) is 11.0. The molecule has 0 aromatic rings. The van der Waals surface area contributed by atoms with Crippen LogP contribution in [0.5, 0.6) is 0 Å². The van der Waals surface area contributed by atoms with E-state index in [1.54, 1.807) is 0 Å². The predicted molar refractivity (Wildman–Crippen MR) is 70.8 cm³/mol. The standard InChI is InChI=1S/C13H25N3O/c1-3-7-12(10(2)15-16-13(14)17)11-8-5-4-6-9-11/h11-12H,3-9H2,1-2H3,(H3,14,16,17)/b15-10+/t12-/m1/s1. The van der Waals surface area contributed by atoms with Crippen molar-refractivity contribution >= 4 is 11.7 Å². The van der Waals surface area contributed by atoms with Gasteiger partial charge in [0.2, 0.25) is 0 Å². The van der Waals surface area contributed by atoms with E-state index in [2.05, 4.69) is 17.5 Å². The van der Waals surface area contributed by atoms with Gasteiger partial charge in [-0.25, -0.2) is 10.2 Å². The van der Waals surface area contributed by atoms with Crippen LogP contribution in [0.15, 0.2) is 5.10 Å². The molecule has 17 heavy (non-hydrogen) atoms. The number of primary amides is 1. The number of carbonyl (C=O) groups excluding carboxylic acids is 1. The number of hydrogen-bond acceptors (Lipinski definition) is 2. The molecule has 1 aliphatic carbocycles. The number of carbonyl (C=O) groups is 1. The van der Waals surface area contributed by atoms with Crippen LogP contribution in [0.1, 0.15) is 58.8 Å². The Balaban J connectivity index is 2.62. The highest BCUT2D eigenvalue weighted by molar-refractivity contribution is 5.86. The van der Waals surface area contributed by atoms with Gasteiger partial charge in [-0.3, -0.25) is 0 Å². The van der Waals surface area contributed by atoms with Crippen LogP contribution in [0.4, 0.5) is 4.79 Å². The Morgan fingerprint density at radius 2 is 2.06 bits per heavy atom. The molecule has 0 heterocycles. The third-order valence-electron chi connectivity index (χ3n) is 3.70. The summed E-state index contributed by atoms with van der Waals surface area (Å²) in [5, 5.41) is 4.11. The Labute approximate surface area is 104 Å². The molecule has 0 saturated heterocycles. The minimum atomic E-state index is -0.580. The third kappa shape index (κ3) is 4.75. The van der Waals surface area contributed by atoms with E-state index in [-0.39, 0.29) is 0 Å². The third-order valence-corrected chi connectivity index (χ3v) is 3.70. The second-order valence-electron chi connectivity index (χ2n) is 5.02. The smallest absolute Gasteiger partial charge is 0.332 e. The molecule has 4 heteroatoms. The predicted octanol–water partition coefficient (Wildman–Crippen LogP) is 3.03. The SMILES string of the molecule is CCC[C@H](/C(C)=N/NC(N)=O)C1CCCCC1. The van der Waals surface area contributed by atoms with Crippen molar-refractivity contribution < 1.29 is 4.79 Å². The summed E-state index contributed by atoms with van der Waals surface area (Å²) in [6.45, 7) is 4.20. The highest BCUT2D eigenvalue weighted by Gasteiger charge is 2.25. The molecule has 2 amide bonds. The van der Waals surface area contributed by atoms with Crippen molar-refractivity contribution in [2.75, 3.05) is 0 Å². The number of nitrogens with one attached hydrogen (secondary N) is 1. The van der Waals surface area contributed by atoms with Gasteiger partial charge in [0.15, 0.2) is 0 Å². The van der Waals surface area contributed by atoms with Crippen molar-refractivity contribution in [2.45, 2.75) is 58.8 Å². The molecule has 1 saturated carbocycles. The van der Waals surface area contributed by atoms with Crippen LogP contribution < -0.4 is 11.2 Å². The molecule has 4 nitrogen and oxygen atoms in total. The van der Waals surface area contributed by atoms with E-state index in [0.29, 0.717) is 5.92 Å². The topological polar surface area (TPSA) is 67.5 Å². The fourth-order valence-corrected chi connectivity index (χ4v) is 2.86. The van der Waals surface area contributed by atoms with Crippen LogP contribution in [0.2, 0.25) is 0 Å². The van der Waals surface area contributed by atoms with E-state index in [9.17, 15) is 4.79 Å². The first-order chi connectivity index (χ1) is 8.15. The summed E-state index contributed by atoms with van der Waals surface area (Å²) in [7, 11) is 0. The summed E-state index contributed by atoms with van der Waals surface area (Å²) in [6.07, 6.45) is 8.95. The molecule has 0 aliphatic heterocycles. The number of hydrazone groups is 1. The average molecular weight is 239 g/mol. The van der Waals surface area contributed by atoms with E-state index in [0.717, 1.165) is 24.5 Å². The maximum absolute atomic E-state index is 10.7. The number of amides is 2. The normalized spacial score (nSPS) is 20.0. The maximum atomic E-state index is 10.7. The van der Waals surface area contributed by atoms with Crippen molar-refractivity contribution in [1.82, 2.24) is 5.43 Å². The minimum absolute atomic E-state index is 0.507. The molecular formula is C13H25N3O. The second-order valence-corrected chi connectivity index (χ2v) is 5.02. The van der Waals surface area contributed by atoms with Gasteiger partial charge in [-0.05, 0) is 32.1 Å². The maximum Gasteiger partial charge on any atom is 0.332 e. The van der Waals surface area contributed by atoms with E-state index in [1.165, 1.54) is 32.1 Å². The van der Waals surface area contributed by atoms with Gasteiger partial charge in [-0.1, -0.05) is 32.6 Å². The molecule has 1 aliphatic rings. The second kappa shape index (κ2) is 7.30. The molecule has 0 aromatic carbocycles. The monoisotopic (exact) mass is 239 g/mol. The van der Waals surface area contributed by atoms with Gasteiger partial charge < -0.3 is 5.73 Å². The zero-order valence-corrected chi connectivity index (χ0v) is 11.0. The first-order valence-electron chi connectivity index (χ1n) is 6.74. The average Bonchev–Trinajstić information content (AvgIpc) is 2.34. The van der Waals surface area contributed by atoms with E-state index in [4.69, 9.17) is 5.73 Å². The van der Waals surface area contributed by atoms with Gasteiger partial charge in [0.1, 0.15) is 0 Å². The fraction of sp³-hybridized carbons (Fsp3) is 0.846. The summed E-state index contributed by atoms with van der Waals surface area (Å²) in [6, 6.07) is -0.580. The highest BCUT2D eigenvalue weighted by atomic mass is 16.2. The van der Waals surface area contributed by atoms with E-state index >= 15 is 0 Å². The number of urea groups is 1. The summed E-state index contributed by atoms with van der Waals surface area (Å²) >= 11 is 0. The van der Waals surface area contributed by atoms with Gasteiger partial charge in [0.05, 0.1) is 0 Å². The van der Waals surface area contributed by atoms with Crippen LogP contribution in [0.3, 0.4) is 0 Å². The van der Waals surface area contributed by atoms with Crippen molar-refractivity contribution in [3.63, 3.8) is 0 Å². The molecule has 1 rings (SSSR count). The molecule has 0 spiro atoms. The lowest BCUT2D eigenvalue weighted by Crippen LogP contribution is -2.29. The largest absolute Gasteiger partial charge is 0.350 e. The van der Waals surface area contributed by atoms with Gasteiger partial charge >= 0.3 is 6.03 Å². The van der Waals surface area contributed by atoms with E-state index < -0.39 is 6.03 Å². The first-order valence-corrected chi connectivity index (χ1v) is 6.74. The van der Waals surface area contributed by atoms with Crippen LogP contribution in [-0.2, 0) is 0 Å². The zero-order chi connectivity index (χ0) is 12.7. The van der Waals surface area contributed by atoms with Crippen LogP contribution >= 0.6 is 0 Å². The Bertz CT molecular complexity index is 270. The number of rotatable bonds is 5. The lowest BCUT2D eigenvalue weighted by Gasteiger charge is -2.30. The molecule has 0 aromatic heterocycles. The quantitative estimate of drug-likeness (QED) is 0.562. The van der Waals surface area contributed by atoms with Gasteiger partial charge in [-0.2, -0.15) is 5.10 Å². The molecule has 98 valence electrons. The summed E-state index contributed by atoms with van der Waals surface area (Å²) in [4.78, 5) is 10.7. The number of nitrogens with two attached hydrogens (primary N) is 1. The summed E-state index contributed by atoms with van der Waals surface area (Å²) in [5.41, 5.74) is 8.41. The Morgan fingerprint density at radius 3 is 2.59 bits per heavy atom. The van der Waals surface area contributed by atoms with E-state index in [1.807, 2.05) is 6.92 Å². The van der Waals surface area contributed by atoms with Crippen LogP contribution in [0, 0.1) is 11.8 Å². The highest BCUT2D eigenvalue weighted by Crippen LogP contribution is 2.33. The Morgan fingerprint density at radius 1 is 1.41 bits per heavy atom. The molecule has 0 unspecified atom stereocenters. The molecule has 0 bridgehead atoms. The molecule has 0 radical (unpaired) electrons. The van der Waals surface area contributed by atoms with Crippen molar-refractivity contribution in [2.24, 2.45) is 22.7 Å². The fourth-order valence-electron chi connectivity index (χ4n) is 2.86. The molecule has 3 N–H and O–H groups in total. The molecule has 1 fully saturated rings. The number of nitrogens with zero attached hydrogens (tertiary/aromatic N) is 1. The lowest BCUT2D eigenvalue weighted by atomic mass is 9.76. The molecular weight excluding hydrogens is 214 g/mol. The van der Waals surface area contributed by atoms with Crippen molar-refractivity contribution in [1.29, 1.82) is 0 Å². The lowest BCUT2D eigenvalue weighted by molar-refractivity contribution is 0.249. The number of hydrogen-bond donors (Lipinski definition) is 2. The van der Waals surface area contributed by atoms with Gasteiger partial charge in [0, 0.05) is 11.6 Å². The Hall–Kier alpha value is -1.06. The van der Waals surface area contributed by atoms with Gasteiger partial charge in [0.25, 0.3) is 0 Å². The Kier molecular flexibility index (Phi) is 6.01. The van der Waals surface area contributed by atoms with Crippen LogP contribution in [0.25, 0.3) is 0 Å². The van der Waals surface area contributed by atoms with Crippen LogP contribution in [-0.4, -0.2) is 11.7 Å². The summed E-state index contributed by atoms with van der Waals surface area (Å²) in [5.74, 6) is 1.24. The van der Waals surface area contributed by atoms with Gasteiger partial charge in [-0.15, -0.1) is 0 Å². The van der Waals surface area contributed by atoms with Crippen molar-refractivity contribution in [3.8, 4) is 0 Å². The molecule has 1 atom stereocenters. The first kappa shape index (κ1) is 14.0. The summed E-state index contributed by atoms with van der Waals surface area (Å²) < 4.78 is 0. The van der Waals surface area contributed by atoms with Crippen molar-refractivity contribution in [3.05, 3.63) is 0 Å². The minimum Gasteiger partial charge on any atom is -0.350 e.